The van der Waals surface area contributed by atoms with Crippen molar-refractivity contribution in [2.24, 2.45) is 0 Å². The highest BCUT2D eigenvalue weighted by molar-refractivity contribution is 5.97. The Kier molecular flexibility index (Phi) is 8.29. The van der Waals surface area contributed by atoms with Crippen LogP contribution in [0.15, 0.2) is 219 Å². The van der Waals surface area contributed by atoms with Gasteiger partial charge >= 0.3 is 0 Å². The van der Waals surface area contributed by atoms with Crippen LogP contribution < -0.4 is 0 Å². The number of hydrogen-bond acceptors (Lipinski definition) is 3. The Morgan fingerprint density at radius 1 is 0.306 bits per heavy atom. The van der Waals surface area contributed by atoms with E-state index < -0.39 is 5.41 Å². The quantitative estimate of drug-likeness (QED) is 0.168. The molecule has 62 heavy (non-hydrogen) atoms. The first kappa shape index (κ1) is 35.9. The predicted octanol–water partition coefficient (Wildman–Crippen LogP) is 14.5. The molecule has 0 radical (unpaired) electrons. The second-order valence-electron chi connectivity index (χ2n) is 16.4. The van der Waals surface area contributed by atoms with E-state index >= 15 is 0 Å². The van der Waals surface area contributed by atoms with Crippen molar-refractivity contribution in [3.63, 3.8) is 0 Å². The van der Waals surface area contributed by atoms with Crippen molar-refractivity contribution in [1.29, 1.82) is 0 Å². The molecule has 2 aromatic heterocycles. The van der Waals surface area contributed by atoms with Crippen LogP contribution in [0.3, 0.4) is 0 Å². The van der Waals surface area contributed by atoms with Crippen molar-refractivity contribution in [3.8, 4) is 89.5 Å². The average molecular weight is 790 g/mol. The van der Waals surface area contributed by atoms with Crippen LogP contribution in [0.25, 0.3) is 89.5 Å². The molecule has 0 amide bonds. The predicted molar refractivity (Wildman–Crippen MR) is 253 cm³/mol. The standard InChI is InChI=1S/C59H39N3/c1-38-33-46(31-32-60-38)44-18-12-17-43(34-44)45-27-29-50-48-19-8-10-21-52(48)59(55(50)36-45)53-22-11-9-20-49(53)51-35-47(28-30-54(51)59)57-37-56(41-15-6-3-7-16-41)61-58(62-57)42-25-23-40(24-26-42)39-13-4-2-5-14-39/h2-37H,1H3. The molecule has 0 saturated carbocycles. The number of nitrogens with zero attached hydrogens (tertiary/aromatic N) is 3. The molecule has 1 unspecified atom stereocenters. The number of aromatic nitrogens is 3. The van der Waals surface area contributed by atoms with E-state index in [9.17, 15) is 0 Å². The van der Waals surface area contributed by atoms with Gasteiger partial charge in [0.1, 0.15) is 0 Å². The van der Waals surface area contributed by atoms with E-state index in [4.69, 9.17) is 9.97 Å². The molecule has 10 aromatic rings. The van der Waals surface area contributed by atoms with Gasteiger partial charge in [-0.1, -0.05) is 176 Å². The summed E-state index contributed by atoms with van der Waals surface area (Å²) < 4.78 is 0. The zero-order valence-electron chi connectivity index (χ0n) is 34.1. The fourth-order valence-electron chi connectivity index (χ4n) is 10.0. The first-order chi connectivity index (χ1) is 30.6. The summed E-state index contributed by atoms with van der Waals surface area (Å²) in [7, 11) is 0. The van der Waals surface area contributed by atoms with Crippen LogP contribution in [0.5, 0.6) is 0 Å². The van der Waals surface area contributed by atoms with E-state index in [1.54, 1.807) is 0 Å². The Balaban J connectivity index is 1.02. The van der Waals surface area contributed by atoms with Crippen molar-refractivity contribution in [3.05, 3.63) is 246 Å². The van der Waals surface area contributed by atoms with Gasteiger partial charge in [-0.05, 0) is 121 Å². The van der Waals surface area contributed by atoms with Crippen molar-refractivity contribution in [2.75, 3.05) is 0 Å². The summed E-state index contributed by atoms with van der Waals surface area (Å²) in [5.74, 6) is 0.702. The summed E-state index contributed by atoms with van der Waals surface area (Å²) in [6.45, 7) is 2.05. The molecule has 2 heterocycles. The summed E-state index contributed by atoms with van der Waals surface area (Å²) in [6, 6.07) is 76.9. The number of benzene rings is 8. The number of aryl methyl sites for hydroxylation is 1. The largest absolute Gasteiger partial charge is 0.262 e. The minimum atomic E-state index is -0.487. The number of fused-ring (bicyclic) bond motifs is 10. The molecular formula is C59H39N3. The highest BCUT2D eigenvalue weighted by Gasteiger charge is 2.51. The van der Waals surface area contributed by atoms with Gasteiger partial charge in [0.15, 0.2) is 5.82 Å². The molecule has 0 aliphatic heterocycles. The molecule has 2 aliphatic rings. The smallest absolute Gasteiger partial charge is 0.160 e. The SMILES string of the molecule is Cc1cc(-c2cccc(-c3ccc4c(c3)C3(c5ccccc5-c5cc(-c6cc(-c7ccccc7)nc(-c7ccc(-c8ccccc8)cc7)n6)ccc53)c3ccccc3-4)c2)ccn1. The van der Waals surface area contributed by atoms with Gasteiger partial charge in [-0.3, -0.25) is 4.98 Å². The topological polar surface area (TPSA) is 38.7 Å². The first-order valence-corrected chi connectivity index (χ1v) is 21.2. The number of pyridine rings is 1. The van der Waals surface area contributed by atoms with Crippen LogP contribution in [-0.4, -0.2) is 15.0 Å². The summed E-state index contributed by atoms with van der Waals surface area (Å²) in [5, 5.41) is 0. The summed E-state index contributed by atoms with van der Waals surface area (Å²) in [4.78, 5) is 14.9. The molecule has 2 aliphatic carbocycles. The van der Waals surface area contributed by atoms with Gasteiger partial charge < -0.3 is 0 Å². The van der Waals surface area contributed by atoms with E-state index in [1.807, 2.05) is 25.3 Å². The second kappa shape index (κ2) is 14.3. The minimum Gasteiger partial charge on any atom is -0.262 e. The highest BCUT2D eigenvalue weighted by Crippen LogP contribution is 2.63. The fourth-order valence-corrected chi connectivity index (χ4v) is 10.0. The zero-order chi connectivity index (χ0) is 41.2. The molecule has 290 valence electrons. The Morgan fingerprint density at radius 3 is 1.52 bits per heavy atom. The lowest BCUT2D eigenvalue weighted by Crippen LogP contribution is -2.25. The van der Waals surface area contributed by atoms with Crippen LogP contribution in [0, 0.1) is 6.92 Å². The van der Waals surface area contributed by atoms with Crippen LogP contribution in [0.1, 0.15) is 27.9 Å². The fraction of sp³-hybridized carbons (Fsp3) is 0.0339. The van der Waals surface area contributed by atoms with Crippen LogP contribution >= 0.6 is 0 Å². The molecule has 0 fully saturated rings. The van der Waals surface area contributed by atoms with Gasteiger partial charge in [0.05, 0.1) is 16.8 Å². The maximum atomic E-state index is 5.31. The van der Waals surface area contributed by atoms with E-state index in [0.717, 1.165) is 39.3 Å². The van der Waals surface area contributed by atoms with Gasteiger partial charge in [0, 0.05) is 28.6 Å². The summed E-state index contributed by atoms with van der Waals surface area (Å²) in [6.07, 6.45) is 1.89. The number of hydrogen-bond donors (Lipinski definition) is 0. The monoisotopic (exact) mass is 789 g/mol. The Bertz CT molecular complexity index is 3350. The van der Waals surface area contributed by atoms with E-state index in [-0.39, 0.29) is 0 Å². The maximum Gasteiger partial charge on any atom is 0.160 e. The van der Waals surface area contributed by atoms with E-state index in [2.05, 4.69) is 205 Å². The van der Waals surface area contributed by atoms with Crippen molar-refractivity contribution in [2.45, 2.75) is 12.3 Å². The van der Waals surface area contributed by atoms with Gasteiger partial charge in [-0.15, -0.1) is 0 Å². The zero-order valence-corrected chi connectivity index (χ0v) is 34.1. The van der Waals surface area contributed by atoms with Gasteiger partial charge in [-0.25, -0.2) is 9.97 Å². The van der Waals surface area contributed by atoms with E-state index in [1.165, 1.54) is 72.3 Å². The third-order valence-electron chi connectivity index (χ3n) is 12.9. The molecule has 1 atom stereocenters. The van der Waals surface area contributed by atoms with Gasteiger partial charge in [-0.2, -0.15) is 0 Å². The lowest BCUT2D eigenvalue weighted by atomic mass is 9.70. The lowest BCUT2D eigenvalue weighted by molar-refractivity contribution is 0.794. The van der Waals surface area contributed by atoms with Crippen LogP contribution in [-0.2, 0) is 5.41 Å². The van der Waals surface area contributed by atoms with E-state index in [0.29, 0.717) is 5.82 Å². The van der Waals surface area contributed by atoms with Crippen LogP contribution in [0.4, 0.5) is 0 Å². The molecule has 0 bridgehead atoms. The Labute approximate surface area is 361 Å². The molecule has 12 rings (SSSR count). The Hall–Kier alpha value is -8.01. The van der Waals surface area contributed by atoms with Crippen molar-refractivity contribution >= 4 is 0 Å². The molecular weight excluding hydrogens is 751 g/mol. The average Bonchev–Trinajstić information content (AvgIpc) is 3.81. The molecule has 8 aromatic carbocycles. The third-order valence-corrected chi connectivity index (χ3v) is 12.9. The Morgan fingerprint density at radius 2 is 0.806 bits per heavy atom. The lowest BCUT2D eigenvalue weighted by Gasteiger charge is -2.30. The number of rotatable bonds is 6. The highest BCUT2D eigenvalue weighted by atomic mass is 14.9. The first-order valence-electron chi connectivity index (χ1n) is 21.2. The summed E-state index contributed by atoms with van der Waals surface area (Å²) >= 11 is 0. The molecule has 1 spiro atoms. The second-order valence-corrected chi connectivity index (χ2v) is 16.4. The van der Waals surface area contributed by atoms with Crippen molar-refractivity contribution in [1.82, 2.24) is 15.0 Å². The maximum absolute atomic E-state index is 5.31. The third kappa shape index (κ3) is 5.70. The molecule has 0 N–H and O–H groups in total. The van der Waals surface area contributed by atoms with Gasteiger partial charge in [0.25, 0.3) is 0 Å². The molecule has 3 nitrogen and oxygen atoms in total. The van der Waals surface area contributed by atoms with Crippen molar-refractivity contribution < 1.29 is 0 Å². The molecule has 3 heteroatoms. The normalized spacial score (nSPS) is 14.3. The summed E-state index contributed by atoms with van der Waals surface area (Å²) in [5.41, 5.74) is 22.8. The molecule has 0 saturated heterocycles. The van der Waals surface area contributed by atoms with Crippen LogP contribution in [0.2, 0.25) is 0 Å². The van der Waals surface area contributed by atoms with Gasteiger partial charge in [0.2, 0.25) is 0 Å². The minimum absolute atomic E-state index is 0.487.